The summed E-state index contributed by atoms with van der Waals surface area (Å²) in [6.45, 7) is 2.73. The monoisotopic (exact) mass is 480 g/mol. The number of nitrogens with one attached hydrogen (secondary N) is 2. The Morgan fingerprint density at radius 2 is 1.64 bits per heavy atom. The molecule has 2 N–H and O–H groups in total. The lowest BCUT2D eigenvalue weighted by molar-refractivity contribution is 0.0951. The van der Waals surface area contributed by atoms with Crippen LogP contribution in [0.5, 0.6) is 0 Å². The number of aryl methyl sites for hydroxylation is 1. The maximum absolute atomic E-state index is 13.2. The topological polar surface area (TPSA) is 84.0 Å². The second kappa shape index (κ2) is 10.1. The normalized spacial score (nSPS) is 12.7. The van der Waals surface area contributed by atoms with Crippen LogP contribution in [0.3, 0.4) is 0 Å². The fourth-order valence-corrected chi connectivity index (χ4v) is 3.90. The Labute approximate surface area is 208 Å². The van der Waals surface area contributed by atoms with E-state index in [2.05, 4.69) is 20.6 Å². The van der Waals surface area contributed by atoms with Gasteiger partial charge >= 0.3 is 0 Å². The Bertz CT molecular complexity index is 1410. The third kappa shape index (κ3) is 5.46. The van der Waals surface area contributed by atoms with E-state index >= 15 is 0 Å². The van der Waals surface area contributed by atoms with Gasteiger partial charge in [-0.15, -0.1) is 0 Å². The molecule has 0 saturated heterocycles. The largest absolute Gasteiger partial charge is 0.352 e. The first-order valence-corrected chi connectivity index (χ1v) is 11.8. The summed E-state index contributed by atoms with van der Waals surface area (Å²) in [5.74, 6) is -0.174. The van der Waals surface area contributed by atoms with Crippen molar-refractivity contribution in [1.29, 1.82) is 0 Å². The van der Waals surface area contributed by atoms with E-state index in [4.69, 9.17) is 0 Å². The molecule has 0 radical (unpaired) electrons. The van der Waals surface area contributed by atoms with Crippen molar-refractivity contribution in [3.63, 3.8) is 0 Å². The number of benzene rings is 3. The zero-order chi connectivity index (χ0) is 25.1. The van der Waals surface area contributed by atoms with Gasteiger partial charge in [-0.2, -0.15) is 0 Å². The van der Waals surface area contributed by atoms with Crippen molar-refractivity contribution in [3.05, 3.63) is 102 Å². The zero-order valence-electron chi connectivity index (χ0n) is 19.8. The average Bonchev–Trinajstić information content (AvgIpc) is 3.74. The van der Waals surface area contributed by atoms with E-state index in [0.717, 1.165) is 23.2 Å². The van der Waals surface area contributed by atoms with Crippen molar-refractivity contribution < 1.29 is 14.0 Å². The van der Waals surface area contributed by atoms with Gasteiger partial charge in [-0.25, -0.2) is 9.37 Å². The van der Waals surface area contributed by atoms with Gasteiger partial charge in [-0.3, -0.25) is 14.6 Å². The summed E-state index contributed by atoms with van der Waals surface area (Å²) in [4.78, 5) is 33.8. The van der Waals surface area contributed by atoms with Crippen LogP contribution < -0.4 is 10.6 Å². The van der Waals surface area contributed by atoms with Crippen molar-refractivity contribution in [3.8, 4) is 22.4 Å². The highest BCUT2D eigenvalue weighted by Gasteiger charge is 2.22. The number of carbonyl (C=O) groups is 2. The number of aromatic nitrogens is 2. The molecule has 180 valence electrons. The minimum Gasteiger partial charge on any atom is -0.352 e. The molecule has 5 rings (SSSR count). The molecule has 1 aliphatic rings. The summed E-state index contributed by atoms with van der Waals surface area (Å²) in [6, 6.07) is 19.0. The molecule has 7 heteroatoms. The maximum Gasteiger partial charge on any atom is 0.275 e. The second-order valence-corrected chi connectivity index (χ2v) is 9.01. The Morgan fingerprint density at radius 3 is 2.36 bits per heavy atom. The Morgan fingerprint density at radius 1 is 0.917 bits per heavy atom. The van der Waals surface area contributed by atoms with Gasteiger partial charge in [0, 0.05) is 23.4 Å². The maximum atomic E-state index is 13.2. The number of hydrogen-bond acceptors (Lipinski definition) is 4. The Balaban J connectivity index is 1.31. The summed E-state index contributed by atoms with van der Waals surface area (Å²) in [7, 11) is 0. The van der Waals surface area contributed by atoms with Crippen LogP contribution in [0, 0.1) is 18.7 Å². The summed E-state index contributed by atoms with van der Waals surface area (Å²) in [6.07, 6.45) is 5.31. The van der Waals surface area contributed by atoms with Gasteiger partial charge in [-0.05, 0) is 90.9 Å². The molecule has 0 bridgehead atoms. The second-order valence-electron chi connectivity index (χ2n) is 9.01. The van der Waals surface area contributed by atoms with Crippen LogP contribution in [0.1, 0.15) is 39.3 Å². The van der Waals surface area contributed by atoms with E-state index in [-0.39, 0.29) is 17.4 Å². The number of carbonyl (C=O) groups excluding carboxylic acids is 2. The summed E-state index contributed by atoms with van der Waals surface area (Å²) in [5, 5.41) is 5.86. The van der Waals surface area contributed by atoms with Gasteiger partial charge in [0.1, 0.15) is 11.5 Å². The lowest BCUT2D eigenvalue weighted by Gasteiger charge is -2.12. The van der Waals surface area contributed by atoms with Crippen molar-refractivity contribution in [2.75, 3.05) is 11.9 Å². The molecule has 1 aliphatic carbocycles. The summed E-state index contributed by atoms with van der Waals surface area (Å²) < 4.78 is 13.2. The fourth-order valence-electron chi connectivity index (χ4n) is 3.90. The highest BCUT2D eigenvalue weighted by atomic mass is 19.1. The van der Waals surface area contributed by atoms with E-state index < -0.39 is 5.91 Å². The predicted molar refractivity (Wildman–Crippen MR) is 137 cm³/mol. The lowest BCUT2D eigenvalue weighted by Crippen LogP contribution is -2.25. The molecule has 0 spiro atoms. The number of rotatable bonds is 7. The molecule has 1 saturated carbocycles. The highest BCUT2D eigenvalue weighted by Crippen LogP contribution is 2.29. The van der Waals surface area contributed by atoms with E-state index in [1.807, 2.05) is 49.4 Å². The SMILES string of the molecule is Cc1ccc(NC(=O)c2cncc(-c3ccc(F)cc3)n2)cc1-c1ccc(C(=O)NCC2CC2)cc1. The number of nitrogens with zero attached hydrogens (tertiary/aromatic N) is 2. The molecule has 1 fully saturated rings. The van der Waals surface area contributed by atoms with Gasteiger partial charge in [0.15, 0.2) is 0 Å². The number of halogens is 1. The minimum atomic E-state index is -0.399. The van der Waals surface area contributed by atoms with E-state index in [0.29, 0.717) is 28.4 Å². The molecular formula is C29H25FN4O2. The van der Waals surface area contributed by atoms with Gasteiger partial charge in [0.2, 0.25) is 0 Å². The number of hydrogen-bond donors (Lipinski definition) is 2. The van der Waals surface area contributed by atoms with Crippen LogP contribution in [-0.2, 0) is 0 Å². The molecule has 0 aliphatic heterocycles. The third-order valence-electron chi connectivity index (χ3n) is 6.21. The van der Waals surface area contributed by atoms with Gasteiger partial charge in [0.25, 0.3) is 11.8 Å². The highest BCUT2D eigenvalue weighted by molar-refractivity contribution is 6.03. The molecule has 2 amide bonds. The summed E-state index contributed by atoms with van der Waals surface area (Å²) >= 11 is 0. The van der Waals surface area contributed by atoms with Gasteiger partial charge in [0.05, 0.1) is 18.1 Å². The predicted octanol–water partition coefficient (Wildman–Crippen LogP) is 5.65. The van der Waals surface area contributed by atoms with Crippen molar-refractivity contribution in [1.82, 2.24) is 15.3 Å². The first kappa shape index (κ1) is 23.4. The standard InChI is InChI=1S/C29H25FN4O2/c1-18-2-13-24(14-25(18)20-5-7-22(8-6-20)28(35)32-15-19-3-4-19)33-29(36)27-17-31-16-26(34-27)21-9-11-23(30)12-10-21/h2,5-14,16-17,19H,3-4,15H2,1H3,(H,32,35)(H,33,36). The molecule has 4 aromatic rings. The van der Waals surface area contributed by atoms with E-state index in [1.165, 1.54) is 37.4 Å². The van der Waals surface area contributed by atoms with Gasteiger partial charge in [-0.1, -0.05) is 18.2 Å². The molecule has 6 nitrogen and oxygen atoms in total. The molecule has 36 heavy (non-hydrogen) atoms. The third-order valence-corrected chi connectivity index (χ3v) is 6.21. The molecule has 1 aromatic heterocycles. The Hall–Kier alpha value is -4.39. The summed E-state index contributed by atoms with van der Waals surface area (Å²) in [5.41, 5.74) is 5.47. The van der Waals surface area contributed by atoms with Crippen molar-refractivity contribution in [2.24, 2.45) is 5.92 Å². The molecule has 1 heterocycles. The zero-order valence-corrected chi connectivity index (χ0v) is 19.8. The number of amides is 2. The van der Waals surface area contributed by atoms with Crippen LogP contribution in [0.25, 0.3) is 22.4 Å². The van der Waals surface area contributed by atoms with Crippen LogP contribution in [0.15, 0.2) is 79.1 Å². The van der Waals surface area contributed by atoms with Crippen LogP contribution in [-0.4, -0.2) is 28.3 Å². The molecule has 3 aromatic carbocycles. The Kier molecular flexibility index (Phi) is 6.54. The number of anilines is 1. The lowest BCUT2D eigenvalue weighted by atomic mass is 9.98. The fraction of sp³-hybridized carbons (Fsp3) is 0.172. The first-order chi connectivity index (χ1) is 17.5. The van der Waals surface area contributed by atoms with Crippen LogP contribution in [0.4, 0.5) is 10.1 Å². The smallest absolute Gasteiger partial charge is 0.275 e. The van der Waals surface area contributed by atoms with Crippen molar-refractivity contribution in [2.45, 2.75) is 19.8 Å². The van der Waals surface area contributed by atoms with Crippen molar-refractivity contribution >= 4 is 17.5 Å². The quantitative estimate of drug-likeness (QED) is 0.358. The molecular weight excluding hydrogens is 455 g/mol. The van der Waals surface area contributed by atoms with E-state index in [1.54, 1.807) is 12.1 Å². The van der Waals surface area contributed by atoms with Crippen LogP contribution >= 0.6 is 0 Å². The molecule has 0 atom stereocenters. The minimum absolute atomic E-state index is 0.0600. The first-order valence-electron chi connectivity index (χ1n) is 11.8. The van der Waals surface area contributed by atoms with E-state index in [9.17, 15) is 14.0 Å². The van der Waals surface area contributed by atoms with Crippen LogP contribution in [0.2, 0.25) is 0 Å². The van der Waals surface area contributed by atoms with Gasteiger partial charge < -0.3 is 10.6 Å². The average molecular weight is 481 g/mol. The molecule has 0 unspecified atom stereocenters.